The molecule has 31 heteroatoms. The number of amides is 5. The van der Waals surface area contributed by atoms with Crippen LogP contribution < -0.4 is 32.2 Å². The third-order valence-corrected chi connectivity index (χ3v) is 22.1. The zero-order valence-corrected chi connectivity index (χ0v) is 55.0. The molecule has 5 amide bonds. The van der Waals surface area contributed by atoms with Crippen LogP contribution in [0.15, 0.2) is 93.6 Å². The van der Waals surface area contributed by atoms with Crippen molar-refractivity contribution in [1.29, 1.82) is 5.41 Å². The predicted molar refractivity (Wildman–Crippen MR) is 354 cm³/mol. The van der Waals surface area contributed by atoms with Gasteiger partial charge in [-0.25, -0.2) is 34.9 Å². The monoisotopic (exact) mass is 1380 g/mol. The van der Waals surface area contributed by atoms with Crippen LogP contribution in [0.5, 0.6) is 5.75 Å². The summed E-state index contributed by atoms with van der Waals surface area (Å²) in [6, 6.07) is 15.5. The molecule has 3 aliphatic rings. The van der Waals surface area contributed by atoms with Crippen LogP contribution in [0.1, 0.15) is 143 Å². The third-order valence-electron chi connectivity index (χ3n) is 16.5. The Balaban J connectivity index is 0.929. The first-order valence-electron chi connectivity index (χ1n) is 29.7. The number of ketones is 1. The number of hydrogen-bond acceptors (Lipinski definition) is 24. The van der Waals surface area contributed by atoms with Crippen LogP contribution in [-0.4, -0.2) is 134 Å². The number of aryl methyl sites for hydroxylation is 1. The molecule has 25 nitrogen and oxygen atoms in total. The Bertz CT molecular complexity index is 4360. The van der Waals surface area contributed by atoms with Crippen LogP contribution >= 0.6 is 68.0 Å². The number of pyridine rings is 1. The summed E-state index contributed by atoms with van der Waals surface area (Å²) in [6.07, 6.45) is -1.15. The molecule has 1 aliphatic carbocycles. The lowest BCUT2D eigenvalue weighted by Gasteiger charge is -2.29. The van der Waals surface area contributed by atoms with Crippen molar-refractivity contribution in [3.05, 3.63) is 147 Å². The van der Waals surface area contributed by atoms with E-state index in [-0.39, 0.29) is 70.7 Å². The summed E-state index contributed by atoms with van der Waals surface area (Å²) < 4.78 is 5.61. The van der Waals surface area contributed by atoms with Gasteiger partial charge in [-0.1, -0.05) is 49.4 Å². The average molecular weight is 1380 g/mol. The summed E-state index contributed by atoms with van der Waals surface area (Å²) in [5.74, 6) is -6.25. The number of carbonyl (C=O) groups excluding carboxylic acids is 6. The molecule has 7 aromatic heterocycles. The molecule has 0 radical (unpaired) electrons. The number of hydrogen-bond donors (Lipinski definition) is 9. The average Bonchev–Trinajstić information content (AvgIpc) is 1.63. The van der Waals surface area contributed by atoms with Gasteiger partial charge < -0.3 is 52.4 Å². The summed E-state index contributed by atoms with van der Waals surface area (Å²) in [4.78, 5) is 133. The number of aliphatic carboxylic acids is 1. The summed E-state index contributed by atoms with van der Waals surface area (Å²) in [6.45, 7) is 3.24. The number of benzene rings is 2. The number of Topliss-reactive ketones (excluding diaryl/α,β-unsaturated/α-hetero) is 1. The number of rotatable bonds is 13. The molecular weight excluding hydrogens is 1320 g/mol. The number of aliphatic hydroxyl groups excluding tert-OH is 2. The van der Waals surface area contributed by atoms with Crippen molar-refractivity contribution < 1.29 is 53.6 Å². The highest BCUT2D eigenvalue weighted by Crippen LogP contribution is 2.44. The number of aliphatic hydroxyl groups is 2. The van der Waals surface area contributed by atoms with E-state index < -0.39 is 95.8 Å². The quantitative estimate of drug-likeness (QED) is 0.0388. The first-order valence-corrected chi connectivity index (χ1v) is 34.9. The van der Waals surface area contributed by atoms with Gasteiger partial charge in [0.1, 0.15) is 89.1 Å². The maximum Gasteiger partial charge on any atom is 0.306 e. The van der Waals surface area contributed by atoms with Gasteiger partial charge in [0.05, 0.1) is 47.3 Å². The fourth-order valence-corrected chi connectivity index (χ4v) is 16.9. The van der Waals surface area contributed by atoms with Crippen LogP contribution in [-0.2, 0) is 20.8 Å². The van der Waals surface area contributed by atoms with E-state index in [9.17, 15) is 44.1 Å². The molecule has 94 heavy (non-hydrogen) atoms. The SMILES string of the molecule is Cc1sc2nc1C(=O)C[C@@H]([C@H](O)c1ccccc1)c1nc(cs1)C(=O)N[C@@H](Cc1ccc(OCC(=N)N)cc1)C(=O)N1C[C@H](O)[C@H](C)[C@H]1c1nc(cs1)-c1nc(cs1)-c1nc(-c3nc(C(=O)NC4CCC(C(=O)O)CC4)cs3)ccc1-c1nc(cs1)C(=O)N[C@H]2CC(N)=O. The number of carbonyl (C=O) groups is 7. The van der Waals surface area contributed by atoms with Gasteiger partial charge in [0.15, 0.2) is 5.78 Å². The summed E-state index contributed by atoms with van der Waals surface area (Å²) in [5.41, 5.74) is 14.5. The smallest absolute Gasteiger partial charge is 0.306 e. The van der Waals surface area contributed by atoms with Gasteiger partial charge in [-0.3, -0.25) is 39.0 Å². The van der Waals surface area contributed by atoms with Gasteiger partial charge in [0.2, 0.25) is 11.8 Å². The Hall–Kier alpha value is -8.95. The number of aromatic nitrogens is 7. The first kappa shape index (κ1) is 65.1. The predicted octanol–water partition coefficient (Wildman–Crippen LogP) is 8.16. The number of nitrogens with two attached hydrogens (primary N) is 2. The molecule has 12 rings (SSSR count). The summed E-state index contributed by atoms with van der Waals surface area (Å²) in [5, 5.41) is 60.0. The second-order valence-electron chi connectivity index (χ2n) is 23.0. The molecule has 0 spiro atoms. The number of fused-ring (bicyclic) bond motifs is 16. The minimum absolute atomic E-state index is 0.0133. The van der Waals surface area contributed by atoms with Crippen molar-refractivity contribution in [1.82, 2.24) is 55.7 Å². The van der Waals surface area contributed by atoms with Gasteiger partial charge in [-0.15, -0.1) is 68.0 Å². The van der Waals surface area contributed by atoms with E-state index in [1.54, 1.807) is 95.2 Å². The van der Waals surface area contributed by atoms with Crippen LogP contribution in [0, 0.1) is 24.2 Å². The number of carboxylic acid groups (broad SMARTS) is 1. The second kappa shape index (κ2) is 27.9. The molecule has 9 aromatic rings. The Labute approximate surface area is 560 Å². The van der Waals surface area contributed by atoms with Gasteiger partial charge in [-0.2, -0.15) is 0 Å². The standard InChI is InChI=1S/C63H60N14O11S6/c1-28-46(79)21-77-51(28)61-75-44(27-93-61)59-71-40(23-91-59)50-35(16-17-37(68-50)58-74-41(26-92-58)53(82)67-33-12-10-32(11-13-33)63(86)87)56-72-42(24-89-56)54(83)69-38(20-48(66)80)60-76-49(29(2)94-60)45(78)19-36(52(81)31-6-4-3-5-7-31)57-73-43(25-90-57)55(84)70-39(62(77)85)18-30-8-14-34(15-9-30)88-22-47(64)65/h3-9,14-17,23-28,32-33,36,38-39,46,51-52,79,81H,10-13,18-22H2,1-2H3,(H3,64,65)(H2,66,80)(H,67,82)(H,69,83)(H,70,84)(H,86,87)/t28-,32?,33?,36-,38-,39-,46-,51-,52+/m0/s1. The third kappa shape index (κ3) is 14.3. The van der Waals surface area contributed by atoms with E-state index in [2.05, 4.69) is 20.9 Å². The fraction of sp³-hybridized carbons (Fsp3) is 0.317. The van der Waals surface area contributed by atoms with Gasteiger partial charge in [0, 0.05) is 74.6 Å². The van der Waals surface area contributed by atoms with E-state index in [0.717, 1.165) is 34.0 Å². The van der Waals surface area contributed by atoms with Crippen molar-refractivity contribution in [2.75, 3.05) is 13.2 Å². The molecular formula is C63H60N14O11S6. The molecule has 1 saturated carbocycles. The minimum atomic E-state index is -1.32. The zero-order chi connectivity index (χ0) is 66.1. The van der Waals surface area contributed by atoms with E-state index in [1.165, 1.54) is 44.3 Å². The number of ether oxygens (including phenoxy) is 1. The topological polar surface area (TPSA) is 395 Å². The van der Waals surface area contributed by atoms with Gasteiger partial charge in [0.25, 0.3) is 17.7 Å². The summed E-state index contributed by atoms with van der Waals surface area (Å²) in [7, 11) is 0. The maximum atomic E-state index is 15.4. The van der Waals surface area contributed by atoms with Crippen molar-refractivity contribution in [2.45, 2.75) is 101 Å². The van der Waals surface area contributed by atoms with Crippen LogP contribution in [0.25, 0.3) is 43.4 Å². The molecule has 7 atom stereocenters. The van der Waals surface area contributed by atoms with Crippen molar-refractivity contribution in [2.24, 2.45) is 23.3 Å². The molecule has 2 aliphatic heterocycles. The number of primary amides is 1. The number of thiazole rings is 6. The molecule has 10 bridgehead atoms. The van der Waals surface area contributed by atoms with E-state index >= 15 is 4.79 Å². The van der Waals surface area contributed by atoms with Crippen molar-refractivity contribution >= 4 is 115 Å². The molecule has 1 saturated heterocycles. The highest BCUT2D eigenvalue weighted by molar-refractivity contribution is 7.15. The Morgan fingerprint density at radius 1 is 0.723 bits per heavy atom. The zero-order valence-electron chi connectivity index (χ0n) is 50.1. The molecule has 484 valence electrons. The highest BCUT2D eigenvalue weighted by Gasteiger charge is 2.46. The van der Waals surface area contributed by atoms with E-state index in [1.807, 2.05) is 6.92 Å². The number of nitrogens with one attached hydrogen (secondary N) is 4. The first-order chi connectivity index (χ1) is 45.2. The Morgan fingerprint density at radius 2 is 1.37 bits per heavy atom. The van der Waals surface area contributed by atoms with Crippen molar-refractivity contribution in [3.8, 4) is 49.1 Å². The summed E-state index contributed by atoms with van der Waals surface area (Å²) >= 11 is 6.99. The van der Waals surface area contributed by atoms with E-state index in [4.69, 9.17) is 51.5 Å². The number of nitrogens with zero attached hydrogens (tertiary/aromatic N) is 8. The lowest BCUT2D eigenvalue weighted by Crippen LogP contribution is -2.50. The van der Waals surface area contributed by atoms with Gasteiger partial charge in [-0.05, 0) is 68.0 Å². The maximum absolute atomic E-state index is 15.4. The lowest BCUT2D eigenvalue weighted by atomic mass is 9.86. The molecule has 0 unspecified atom stereocenters. The lowest BCUT2D eigenvalue weighted by molar-refractivity contribution is -0.143. The Kier molecular flexibility index (Phi) is 19.4. The number of amidine groups is 1. The van der Waals surface area contributed by atoms with E-state index in [0.29, 0.717) is 95.8 Å². The largest absolute Gasteiger partial charge is 0.486 e. The fourth-order valence-electron chi connectivity index (χ4n) is 11.6. The normalized spacial score (nSPS) is 21.3. The van der Waals surface area contributed by atoms with Crippen LogP contribution in [0.3, 0.4) is 0 Å². The molecule has 9 heterocycles. The molecule has 2 fully saturated rings. The molecule has 2 aromatic carbocycles. The number of carboxylic acids is 1. The molecule has 11 N–H and O–H groups in total. The van der Waals surface area contributed by atoms with Gasteiger partial charge >= 0.3 is 5.97 Å². The Morgan fingerprint density at radius 3 is 2.11 bits per heavy atom. The van der Waals surface area contributed by atoms with Crippen LogP contribution in [0.4, 0.5) is 0 Å². The highest BCUT2D eigenvalue weighted by atomic mass is 32.1. The second-order valence-corrected chi connectivity index (χ2v) is 28.6. The van der Waals surface area contributed by atoms with Crippen molar-refractivity contribution in [3.63, 3.8) is 0 Å². The minimum Gasteiger partial charge on any atom is -0.486 e. The van der Waals surface area contributed by atoms with Crippen LogP contribution in [0.2, 0.25) is 0 Å².